The van der Waals surface area contributed by atoms with Crippen LogP contribution in [0.3, 0.4) is 0 Å². The van der Waals surface area contributed by atoms with Crippen molar-refractivity contribution < 1.29 is 18.7 Å². The van der Waals surface area contributed by atoms with E-state index in [9.17, 15) is 14.4 Å². The van der Waals surface area contributed by atoms with Gasteiger partial charge in [0.1, 0.15) is 21.7 Å². The first kappa shape index (κ1) is 20.1. The molecule has 0 bridgehead atoms. The second-order valence-electron chi connectivity index (χ2n) is 6.37. The highest BCUT2D eigenvalue weighted by Gasteiger charge is 2.27. The van der Waals surface area contributed by atoms with E-state index in [2.05, 4.69) is 5.32 Å². The van der Waals surface area contributed by atoms with Crippen LogP contribution >= 0.6 is 22.7 Å². The average Bonchev–Trinajstić information content (AvgIpc) is 3.35. The molecule has 0 atom stereocenters. The van der Waals surface area contributed by atoms with Crippen LogP contribution in [-0.2, 0) is 4.74 Å². The summed E-state index contributed by atoms with van der Waals surface area (Å²) in [6.07, 6.45) is 0. The molecule has 1 aromatic carbocycles. The standard InChI is InChI=1S/C22H17NO5S2/c1-3-27-22(26)18-17(16-9-6-10-29-16)12(2)30-20(18)23-19(24)14-11-13-7-4-5-8-15(13)28-21(14)25/h4-11H,3H2,1-2H3,(H,23,24). The lowest BCUT2D eigenvalue weighted by atomic mass is 10.1. The highest BCUT2D eigenvalue weighted by Crippen LogP contribution is 2.42. The van der Waals surface area contributed by atoms with Crippen LogP contribution in [0.5, 0.6) is 0 Å². The molecular weight excluding hydrogens is 422 g/mol. The van der Waals surface area contributed by atoms with Gasteiger partial charge in [-0.25, -0.2) is 9.59 Å². The monoisotopic (exact) mass is 439 g/mol. The Morgan fingerprint density at radius 1 is 1.17 bits per heavy atom. The highest BCUT2D eigenvalue weighted by molar-refractivity contribution is 7.18. The third-order valence-corrected chi connectivity index (χ3v) is 6.35. The minimum Gasteiger partial charge on any atom is -0.462 e. The molecule has 0 spiro atoms. The largest absolute Gasteiger partial charge is 0.462 e. The number of para-hydroxylation sites is 1. The molecule has 0 saturated carbocycles. The molecule has 3 aromatic heterocycles. The first-order valence-corrected chi connectivity index (χ1v) is 10.9. The highest BCUT2D eigenvalue weighted by atomic mass is 32.1. The lowest BCUT2D eigenvalue weighted by Crippen LogP contribution is -2.21. The fourth-order valence-corrected chi connectivity index (χ4v) is 5.09. The van der Waals surface area contributed by atoms with Crippen molar-refractivity contribution in [2.24, 2.45) is 0 Å². The van der Waals surface area contributed by atoms with Crippen LogP contribution in [0, 0.1) is 6.92 Å². The van der Waals surface area contributed by atoms with E-state index in [0.29, 0.717) is 21.5 Å². The van der Waals surface area contributed by atoms with Gasteiger partial charge in [-0.1, -0.05) is 24.3 Å². The lowest BCUT2D eigenvalue weighted by molar-refractivity contribution is 0.0529. The molecule has 4 aromatic rings. The van der Waals surface area contributed by atoms with Gasteiger partial charge in [-0.2, -0.15) is 0 Å². The van der Waals surface area contributed by atoms with Crippen LogP contribution in [-0.4, -0.2) is 18.5 Å². The Bertz CT molecular complexity index is 1300. The van der Waals surface area contributed by atoms with E-state index in [-0.39, 0.29) is 12.2 Å². The van der Waals surface area contributed by atoms with Crippen LogP contribution in [0.25, 0.3) is 21.4 Å². The number of aryl methyl sites for hydroxylation is 1. The molecule has 1 amide bonds. The minimum absolute atomic E-state index is 0.132. The van der Waals surface area contributed by atoms with Crippen molar-refractivity contribution in [1.29, 1.82) is 0 Å². The molecule has 0 aliphatic carbocycles. The summed E-state index contributed by atoms with van der Waals surface area (Å²) in [6, 6.07) is 12.2. The number of thiophene rings is 2. The molecule has 0 aliphatic heterocycles. The van der Waals surface area contributed by atoms with E-state index < -0.39 is 17.5 Å². The second-order valence-corrected chi connectivity index (χ2v) is 8.55. The molecule has 8 heteroatoms. The predicted octanol–water partition coefficient (Wildman–Crippen LogP) is 5.32. The van der Waals surface area contributed by atoms with Crippen LogP contribution < -0.4 is 10.9 Å². The zero-order valence-corrected chi connectivity index (χ0v) is 17.8. The van der Waals surface area contributed by atoms with Gasteiger partial charge in [0.2, 0.25) is 0 Å². The number of benzene rings is 1. The Labute approximate surface area is 179 Å². The minimum atomic E-state index is -0.740. The maximum absolute atomic E-state index is 12.9. The summed E-state index contributed by atoms with van der Waals surface area (Å²) in [5.74, 6) is -1.16. The molecule has 0 unspecified atom stereocenters. The molecule has 6 nitrogen and oxygen atoms in total. The summed E-state index contributed by atoms with van der Waals surface area (Å²) in [7, 11) is 0. The van der Waals surface area contributed by atoms with Gasteiger partial charge in [0, 0.05) is 20.7 Å². The number of carbonyl (C=O) groups is 2. The first-order valence-electron chi connectivity index (χ1n) is 9.18. The fourth-order valence-electron chi connectivity index (χ4n) is 3.14. The maximum Gasteiger partial charge on any atom is 0.349 e. The number of amides is 1. The molecule has 4 rings (SSSR count). The Morgan fingerprint density at radius 3 is 2.70 bits per heavy atom. The zero-order chi connectivity index (χ0) is 21.3. The van der Waals surface area contributed by atoms with E-state index in [1.165, 1.54) is 28.7 Å². The van der Waals surface area contributed by atoms with Gasteiger partial charge in [-0.05, 0) is 37.4 Å². The Morgan fingerprint density at radius 2 is 1.97 bits per heavy atom. The van der Waals surface area contributed by atoms with Crippen molar-refractivity contribution >= 4 is 50.5 Å². The summed E-state index contributed by atoms with van der Waals surface area (Å²) in [6.45, 7) is 3.81. The maximum atomic E-state index is 12.9. The molecule has 0 radical (unpaired) electrons. The van der Waals surface area contributed by atoms with Crippen molar-refractivity contribution in [3.63, 3.8) is 0 Å². The summed E-state index contributed by atoms with van der Waals surface area (Å²) in [5.41, 5.74) is 0.552. The zero-order valence-electron chi connectivity index (χ0n) is 16.2. The smallest absolute Gasteiger partial charge is 0.349 e. The number of hydrogen-bond donors (Lipinski definition) is 1. The number of esters is 1. The molecule has 30 heavy (non-hydrogen) atoms. The summed E-state index contributed by atoms with van der Waals surface area (Å²) in [5, 5.41) is 5.61. The first-order chi connectivity index (χ1) is 14.5. The molecular formula is C22H17NO5S2. The average molecular weight is 440 g/mol. The number of rotatable bonds is 5. The van der Waals surface area contributed by atoms with Gasteiger partial charge in [-0.15, -0.1) is 22.7 Å². The van der Waals surface area contributed by atoms with Gasteiger partial charge in [-0.3, -0.25) is 4.79 Å². The van der Waals surface area contributed by atoms with Crippen molar-refractivity contribution in [2.45, 2.75) is 13.8 Å². The molecule has 0 aliphatic rings. The topological polar surface area (TPSA) is 85.6 Å². The van der Waals surface area contributed by atoms with Crippen molar-refractivity contribution in [3.05, 3.63) is 74.3 Å². The van der Waals surface area contributed by atoms with E-state index >= 15 is 0 Å². The van der Waals surface area contributed by atoms with E-state index in [1.54, 1.807) is 31.2 Å². The van der Waals surface area contributed by atoms with Gasteiger partial charge in [0.15, 0.2) is 0 Å². The number of ether oxygens (including phenoxy) is 1. The SMILES string of the molecule is CCOC(=O)c1c(NC(=O)c2cc3ccccc3oc2=O)sc(C)c1-c1cccs1. The van der Waals surface area contributed by atoms with Gasteiger partial charge >= 0.3 is 11.6 Å². The lowest BCUT2D eigenvalue weighted by Gasteiger charge is -2.08. The van der Waals surface area contributed by atoms with Crippen LogP contribution in [0.15, 0.2) is 57.1 Å². The number of carbonyl (C=O) groups excluding carboxylic acids is 2. The third-order valence-electron chi connectivity index (χ3n) is 4.44. The van der Waals surface area contributed by atoms with Gasteiger partial charge < -0.3 is 14.5 Å². The number of hydrogen-bond acceptors (Lipinski definition) is 7. The van der Waals surface area contributed by atoms with Gasteiger partial charge in [0.25, 0.3) is 5.91 Å². The Hall–Kier alpha value is -3.23. The van der Waals surface area contributed by atoms with Crippen molar-refractivity contribution in [3.8, 4) is 10.4 Å². The number of nitrogens with one attached hydrogen (secondary N) is 1. The summed E-state index contributed by atoms with van der Waals surface area (Å²) >= 11 is 2.76. The Balaban J connectivity index is 1.77. The van der Waals surface area contributed by atoms with E-state index in [0.717, 1.165) is 15.3 Å². The normalized spacial score (nSPS) is 10.9. The molecule has 3 heterocycles. The summed E-state index contributed by atoms with van der Waals surface area (Å²) in [4.78, 5) is 39.7. The van der Waals surface area contributed by atoms with Crippen molar-refractivity contribution in [2.75, 3.05) is 11.9 Å². The van der Waals surface area contributed by atoms with E-state index in [4.69, 9.17) is 9.15 Å². The van der Waals surface area contributed by atoms with Crippen molar-refractivity contribution in [1.82, 2.24) is 0 Å². The van der Waals surface area contributed by atoms with E-state index in [1.807, 2.05) is 24.4 Å². The van der Waals surface area contributed by atoms with Crippen LogP contribution in [0.4, 0.5) is 5.00 Å². The quantitative estimate of drug-likeness (QED) is 0.336. The van der Waals surface area contributed by atoms with Crippen LogP contribution in [0.2, 0.25) is 0 Å². The molecule has 0 saturated heterocycles. The fraction of sp³-hybridized carbons (Fsp3) is 0.136. The van der Waals surface area contributed by atoms with Gasteiger partial charge in [0.05, 0.1) is 6.61 Å². The third kappa shape index (κ3) is 3.67. The molecule has 1 N–H and O–H groups in total. The molecule has 0 fully saturated rings. The molecule has 152 valence electrons. The van der Waals surface area contributed by atoms with Crippen LogP contribution in [0.1, 0.15) is 32.5 Å². The number of anilines is 1. The predicted molar refractivity (Wildman–Crippen MR) is 119 cm³/mol. The number of fused-ring (bicyclic) bond motifs is 1. The second kappa shape index (κ2) is 8.25. The Kier molecular flexibility index (Phi) is 5.52. The summed E-state index contributed by atoms with van der Waals surface area (Å²) < 4.78 is 10.5.